The number of benzene rings is 8. The number of aromatic nitrogens is 4. The second kappa shape index (κ2) is 37.5. The van der Waals surface area contributed by atoms with Crippen molar-refractivity contribution in [1.29, 1.82) is 21.0 Å². The molecule has 646 valence electrons. The third-order valence-electron chi connectivity index (χ3n) is 23.7. The number of ether oxygens (including phenoxy) is 3. The lowest BCUT2D eigenvalue weighted by Gasteiger charge is -2.39. The molecule has 4 aromatic heterocycles. The molecule has 3 saturated carbocycles. The van der Waals surface area contributed by atoms with E-state index in [4.69, 9.17) is 81.7 Å². The molecular formula is C101H80Br2Cl4N12O10. The molecule has 2 N–H and O–H groups in total. The van der Waals surface area contributed by atoms with Crippen LogP contribution in [0.4, 0.5) is 0 Å². The summed E-state index contributed by atoms with van der Waals surface area (Å²) in [5.74, 6) is 0.428. The Morgan fingerprint density at radius 2 is 0.690 bits per heavy atom. The molecule has 4 amide bonds. The highest BCUT2D eigenvalue weighted by atomic mass is 79.9. The van der Waals surface area contributed by atoms with Crippen molar-refractivity contribution in [3.8, 4) is 24.3 Å². The van der Waals surface area contributed by atoms with Crippen LogP contribution in [0, 0.1) is 63.1 Å². The van der Waals surface area contributed by atoms with Crippen LogP contribution in [0.3, 0.4) is 0 Å². The number of halogens is 6. The number of rotatable bonds is 23. The molecule has 129 heavy (non-hydrogen) atoms. The van der Waals surface area contributed by atoms with E-state index in [2.05, 4.69) is 70.0 Å². The van der Waals surface area contributed by atoms with Gasteiger partial charge in [0.1, 0.15) is 24.3 Å². The van der Waals surface area contributed by atoms with Crippen LogP contribution in [0.25, 0.3) is 0 Å². The van der Waals surface area contributed by atoms with Gasteiger partial charge in [-0.25, -0.2) is 0 Å². The maximum absolute atomic E-state index is 14.0. The summed E-state index contributed by atoms with van der Waals surface area (Å²) >= 11 is 31.5. The monoisotopic (exact) mass is 1920 g/mol. The predicted octanol–water partition coefficient (Wildman–Crippen LogP) is 20.1. The Hall–Kier alpha value is -12.2. The summed E-state index contributed by atoms with van der Waals surface area (Å²) in [6.07, 6.45) is 12.6. The first kappa shape index (κ1) is 90.2. The highest BCUT2D eigenvalue weighted by Crippen LogP contribution is 2.53. The average molecular weight is 1920 g/mol. The minimum atomic E-state index is -1.66. The summed E-state index contributed by atoms with van der Waals surface area (Å²) in [4.78, 5) is 90.7. The van der Waals surface area contributed by atoms with Crippen LogP contribution in [0.15, 0.2) is 252 Å². The smallest absolute Gasteiger partial charge is 0.257 e. The number of amides is 4. The van der Waals surface area contributed by atoms with Crippen LogP contribution < -0.4 is 0 Å². The van der Waals surface area contributed by atoms with Gasteiger partial charge in [-0.2, -0.15) is 21.0 Å². The standard InChI is InChI=1S/C28H26ClN3O3.C27H22ClN3O3.C25H19BrClN3O2.C21H13BrClN3O2/c1-27(2,34)21-8-12-25-24(13-21)26(33)32(16-23-11-5-19(14-30)15-31-23)28(25,35-17-18-3-4-18)20-6-9-22(29)10-7-20;1-17(32)20-5-11-25-24(12-20)26(33)31(15-23-10-4-19(13-29)14-30-23)27(25,34-16-18-2-3-18)21-6-8-22(28)9-7-21;26-19-6-10-23-22(11-19)24(31)30(14-21-9-3-17(12-28)13-29-21)25(23,32-15-16-1-2-16)18-4-7-20(27)8-5-18;22-15-4-8-19-18(9-15)20(27)26(12-17-7-1-13(10-24)11-25-17)21(19,28)14-2-5-16(23)6-3-14/h5-13,15,18,34H,3-4,16-17H2,1-2H3;4-12,14,18H,2-3,15-16H2,1H3;3-11,13,16H,1-2,14-15H2;1-9,11,28H,12H2/t28-;;;/m1.../s1. The van der Waals surface area contributed by atoms with Gasteiger partial charge in [0.25, 0.3) is 23.6 Å². The fraction of sp³-hybridized carbons (Fsp3) is 0.238. The zero-order valence-electron chi connectivity index (χ0n) is 69.8. The van der Waals surface area contributed by atoms with Gasteiger partial charge in [-0.15, -0.1) is 0 Å². The fourth-order valence-corrected chi connectivity index (χ4v) is 17.5. The molecule has 7 aliphatic rings. The number of carbonyl (C=O) groups is 5. The van der Waals surface area contributed by atoms with Gasteiger partial charge in [0.15, 0.2) is 28.7 Å². The number of hydrogen-bond donors (Lipinski definition) is 2. The Balaban J connectivity index is 0.000000126. The second-order valence-electron chi connectivity index (χ2n) is 33.1. The lowest BCUT2D eigenvalue weighted by molar-refractivity contribution is -0.115. The van der Waals surface area contributed by atoms with Crippen LogP contribution in [-0.4, -0.2) is 99.0 Å². The molecule has 4 atom stereocenters. The summed E-state index contributed by atoms with van der Waals surface area (Å²) < 4.78 is 21.6. The lowest BCUT2D eigenvalue weighted by atomic mass is 9.89. The maximum atomic E-state index is 14.0. The Bertz CT molecular complexity index is 6520. The van der Waals surface area contributed by atoms with Crippen molar-refractivity contribution in [2.24, 2.45) is 17.8 Å². The van der Waals surface area contributed by atoms with E-state index in [9.17, 15) is 34.2 Å². The lowest BCUT2D eigenvalue weighted by Crippen LogP contribution is -2.47. The Morgan fingerprint density at radius 1 is 0.403 bits per heavy atom. The molecule has 8 aromatic carbocycles. The normalized spacial score (nSPS) is 19.1. The fourth-order valence-electron chi connectivity index (χ4n) is 16.3. The first-order valence-corrected chi connectivity index (χ1v) is 44.7. The van der Waals surface area contributed by atoms with Crippen LogP contribution in [0.1, 0.15) is 206 Å². The maximum Gasteiger partial charge on any atom is 0.257 e. The van der Waals surface area contributed by atoms with Crippen molar-refractivity contribution in [3.05, 3.63) is 395 Å². The summed E-state index contributed by atoms with van der Waals surface area (Å²) in [5.41, 5.74) is 6.81. The molecule has 28 heteroatoms. The van der Waals surface area contributed by atoms with Crippen LogP contribution in [0.2, 0.25) is 20.1 Å². The number of nitrogens with zero attached hydrogens (tertiary/aromatic N) is 12. The topological polar surface area (TPSA) is 313 Å². The molecule has 3 unspecified atom stereocenters. The molecule has 4 aliphatic heterocycles. The molecule has 8 heterocycles. The number of hydrogen-bond acceptors (Lipinski definition) is 18. The van der Waals surface area contributed by atoms with Crippen molar-refractivity contribution in [3.63, 3.8) is 0 Å². The summed E-state index contributed by atoms with van der Waals surface area (Å²) in [6, 6.07) is 72.4. The van der Waals surface area contributed by atoms with Crippen molar-refractivity contribution in [1.82, 2.24) is 39.5 Å². The molecule has 0 bridgehead atoms. The number of fused-ring (bicyclic) bond motifs is 4. The summed E-state index contributed by atoms with van der Waals surface area (Å²) in [5, 5.41) is 61.0. The third kappa shape index (κ3) is 18.5. The van der Waals surface area contributed by atoms with E-state index in [0.29, 0.717) is 153 Å². The Morgan fingerprint density at radius 3 is 1.00 bits per heavy atom. The van der Waals surface area contributed by atoms with Crippen molar-refractivity contribution >= 4 is 108 Å². The second-order valence-corrected chi connectivity index (χ2v) is 36.7. The minimum Gasteiger partial charge on any atom is -0.386 e. The number of Topliss-reactive ketones (excluding diaryl/α,β-unsaturated/α-hetero) is 1. The predicted molar refractivity (Wildman–Crippen MR) is 489 cm³/mol. The van der Waals surface area contributed by atoms with Crippen LogP contribution in [0.5, 0.6) is 0 Å². The van der Waals surface area contributed by atoms with E-state index in [1.54, 1.807) is 162 Å². The largest absolute Gasteiger partial charge is 0.386 e. The molecule has 19 rings (SSSR count). The Kier molecular flexibility index (Phi) is 26.2. The van der Waals surface area contributed by atoms with Gasteiger partial charge in [-0.3, -0.25) is 63.5 Å². The minimum absolute atomic E-state index is 0.0793. The number of aliphatic hydroxyl groups is 2. The van der Waals surface area contributed by atoms with Gasteiger partial charge in [-0.05, 0) is 216 Å². The van der Waals surface area contributed by atoms with Gasteiger partial charge >= 0.3 is 0 Å². The third-order valence-corrected chi connectivity index (χ3v) is 25.7. The molecule has 0 radical (unpaired) electrons. The first-order chi connectivity index (χ1) is 62.1. The molecule has 12 aromatic rings. The molecule has 3 fully saturated rings. The molecular weight excluding hydrogens is 1840 g/mol. The van der Waals surface area contributed by atoms with Gasteiger partial charge in [0.05, 0.1) is 96.6 Å². The van der Waals surface area contributed by atoms with Crippen molar-refractivity contribution in [2.45, 2.75) is 114 Å². The molecule has 22 nitrogen and oxygen atoms in total. The van der Waals surface area contributed by atoms with E-state index < -0.39 is 28.5 Å². The van der Waals surface area contributed by atoms with E-state index in [0.717, 1.165) is 75.3 Å². The van der Waals surface area contributed by atoms with Gasteiger partial charge in [0.2, 0.25) is 0 Å². The van der Waals surface area contributed by atoms with E-state index in [1.165, 1.54) is 36.6 Å². The van der Waals surface area contributed by atoms with Gasteiger partial charge in [0, 0.05) is 126 Å². The van der Waals surface area contributed by atoms with Crippen molar-refractivity contribution < 1.29 is 48.4 Å². The highest BCUT2D eigenvalue weighted by molar-refractivity contribution is 9.10. The van der Waals surface area contributed by atoms with Gasteiger partial charge in [-0.1, -0.05) is 163 Å². The molecule has 0 saturated heterocycles. The van der Waals surface area contributed by atoms with E-state index >= 15 is 0 Å². The van der Waals surface area contributed by atoms with Crippen LogP contribution in [-0.2, 0) is 68.9 Å². The van der Waals surface area contributed by atoms with Crippen LogP contribution >= 0.6 is 78.3 Å². The number of pyridine rings is 4. The summed E-state index contributed by atoms with van der Waals surface area (Å²) in [7, 11) is 0. The highest BCUT2D eigenvalue weighted by Gasteiger charge is 2.57. The van der Waals surface area contributed by atoms with Crippen molar-refractivity contribution in [2.75, 3.05) is 19.8 Å². The van der Waals surface area contributed by atoms with E-state index in [1.807, 2.05) is 91.0 Å². The zero-order valence-corrected chi connectivity index (χ0v) is 76.0. The molecule has 0 spiro atoms. The Labute approximate surface area is 781 Å². The number of nitriles is 4. The van der Waals surface area contributed by atoms with E-state index in [-0.39, 0.29) is 55.6 Å². The molecule has 3 aliphatic carbocycles. The SMILES string of the molecule is CC(=O)c1ccc2c(c1)C(=O)N(Cc1ccc(C#N)cn1)C2(OCC1CC1)c1ccc(Cl)cc1.CC(C)(O)c1ccc2c(c1)C(=O)N(Cc1ccc(C#N)cn1)[C@@]2(OCC1CC1)c1ccc(Cl)cc1.N#Cc1ccc(CN2C(=O)c3cc(Br)ccc3C2(O)c2ccc(Cl)cc2)nc1.N#Cc1ccc(CN2C(=O)c3cc(Br)ccc3C2(OCC2CC2)c2ccc(Cl)cc2)nc1. The number of ketones is 1. The first-order valence-electron chi connectivity index (χ1n) is 41.6. The zero-order chi connectivity index (χ0) is 90.8. The average Bonchev–Trinajstić information content (AvgIpc) is 1.61. The van der Waals surface area contributed by atoms with Gasteiger partial charge < -0.3 is 24.4 Å². The quantitative estimate of drug-likeness (QED) is 0.0562. The number of carbonyl (C=O) groups excluding carboxylic acids is 5. The summed E-state index contributed by atoms with van der Waals surface area (Å²) in [6.45, 7) is 7.12.